The summed E-state index contributed by atoms with van der Waals surface area (Å²) in [4.78, 5) is 13.9. The number of nitrogens with zero attached hydrogens (tertiary/aromatic N) is 1. The van der Waals surface area contributed by atoms with Gasteiger partial charge in [-0.15, -0.1) is 0 Å². The summed E-state index contributed by atoms with van der Waals surface area (Å²) < 4.78 is 38.7. The Bertz CT molecular complexity index is 746. The van der Waals surface area contributed by atoms with Crippen LogP contribution in [-0.2, 0) is 11.0 Å². The van der Waals surface area contributed by atoms with Crippen molar-refractivity contribution in [3.8, 4) is 0 Å². The third kappa shape index (κ3) is 2.64. The predicted molar refractivity (Wildman–Crippen MR) is 76.7 cm³/mol. The summed E-state index contributed by atoms with van der Waals surface area (Å²) >= 11 is 1.33. The van der Waals surface area contributed by atoms with Crippen molar-refractivity contribution in [2.75, 3.05) is 11.4 Å². The molecule has 2 aromatic carbocycles. The Morgan fingerprint density at radius 1 is 1.09 bits per heavy atom. The monoisotopic (exact) mass is 325 g/mol. The van der Waals surface area contributed by atoms with Gasteiger partial charge in [0.25, 0.3) is 0 Å². The molecule has 1 aliphatic heterocycles. The van der Waals surface area contributed by atoms with Crippen molar-refractivity contribution in [2.24, 2.45) is 0 Å². The molecule has 0 saturated heterocycles. The van der Waals surface area contributed by atoms with Gasteiger partial charge in [-0.05, 0) is 30.3 Å². The van der Waals surface area contributed by atoms with Gasteiger partial charge in [0.2, 0.25) is 0 Å². The zero-order valence-electron chi connectivity index (χ0n) is 11.1. The van der Waals surface area contributed by atoms with Gasteiger partial charge in [0.05, 0.1) is 16.9 Å². The molecule has 0 fully saturated rings. The van der Waals surface area contributed by atoms with Crippen LogP contribution in [0.5, 0.6) is 0 Å². The molecule has 7 heteroatoms. The molecule has 1 heterocycles. The lowest BCUT2D eigenvalue weighted by atomic mass is 10.1. The first-order valence-electron chi connectivity index (χ1n) is 6.34. The van der Waals surface area contributed by atoms with Crippen LogP contribution in [0.4, 0.5) is 24.5 Å². The lowest BCUT2D eigenvalue weighted by Crippen LogP contribution is -2.27. The summed E-state index contributed by atoms with van der Waals surface area (Å²) in [5, 5.41) is 9.08. The van der Waals surface area contributed by atoms with E-state index in [2.05, 4.69) is 0 Å². The smallest absolute Gasteiger partial charge is 0.416 e. The fraction of sp³-hybridized carbons (Fsp3) is 0.133. The van der Waals surface area contributed by atoms with Crippen LogP contribution < -0.4 is 4.90 Å². The molecule has 0 saturated carbocycles. The van der Waals surface area contributed by atoms with Gasteiger partial charge >= 0.3 is 12.1 Å². The van der Waals surface area contributed by atoms with E-state index in [-0.39, 0.29) is 5.69 Å². The Kier molecular flexibility index (Phi) is 3.52. The highest BCUT2D eigenvalue weighted by atomic mass is 32.2. The number of para-hydroxylation sites is 1. The number of rotatable bonds is 2. The number of carboxylic acids is 1. The zero-order valence-corrected chi connectivity index (χ0v) is 11.9. The number of halogens is 3. The first-order valence-corrected chi connectivity index (χ1v) is 7.15. The molecule has 0 amide bonds. The number of carbonyl (C=O) groups is 1. The number of aliphatic carboxylic acids is 1. The summed E-state index contributed by atoms with van der Waals surface area (Å²) in [6.07, 6.45) is -4.47. The van der Waals surface area contributed by atoms with Crippen molar-refractivity contribution in [3.05, 3.63) is 48.0 Å². The molecule has 0 unspecified atom stereocenters. The third-order valence-electron chi connectivity index (χ3n) is 3.25. The van der Waals surface area contributed by atoms with E-state index >= 15 is 0 Å². The SMILES string of the molecule is O=C(O)CN1c2ccccc2Sc2ccc(C(F)(F)F)cc21. The summed E-state index contributed by atoms with van der Waals surface area (Å²) in [5.41, 5.74) is 0.0734. The molecule has 22 heavy (non-hydrogen) atoms. The highest BCUT2D eigenvalue weighted by molar-refractivity contribution is 7.99. The maximum Gasteiger partial charge on any atom is 0.416 e. The van der Waals surface area contributed by atoms with E-state index in [1.54, 1.807) is 18.2 Å². The molecule has 0 aliphatic carbocycles. The van der Waals surface area contributed by atoms with Crippen LogP contribution in [0.3, 0.4) is 0 Å². The van der Waals surface area contributed by atoms with E-state index < -0.39 is 24.3 Å². The minimum Gasteiger partial charge on any atom is -0.480 e. The van der Waals surface area contributed by atoms with Gasteiger partial charge in [0, 0.05) is 9.79 Å². The Morgan fingerprint density at radius 2 is 1.77 bits per heavy atom. The summed E-state index contributed by atoms with van der Waals surface area (Å²) in [5.74, 6) is -1.11. The van der Waals surface area contributed by atoms with E-state index in [0.717, 1.165) is 17.0 Å². The molecule has 1 N–H and O–H groups in total. The quantitative estimate of drug-likeness (QED) is 0.889. The van der Waals surface area contributed by atoms with Crippen LogP contribution in [0, 0.1) is 0 Å². The van der Waals surface area contributed by atoms with E-state index in [0.29, 0.717) is 10.6 Å². The van der Waals surface area contributed by atoms with Crippen molar-refractivity contribution < 1.29 is 23.1 Å². The van der Waals surface area contributed by atoms with Crippen LogP contribution >= 0.6 is 11.8 Å². The van der Waals surface area contributed by atoms with Gasteiger partial charge in [0.15, 0.2) is 0 Å². The molecule has 0 spiro atoms. The average Bonchev–Trinajstić information content (AvgIpc) is 2.45. The first kappa shape index (κ1) is 14.8. The van der Waals surface area contributed by atoms with Crippen LogP contribution in [0.15, 0.2) is 52.3 Å². The first-order chi connectivity index (χ1) is 10.4. The highest BCUT2D eigenvalue weighted by Crippen LogP contribution is 2.49. The molecule has 1 aliphatic rings. The minimum atomic E-state index is -4.47. The van der Waals surface area contributed by atoms with Gasteiger partial charge in [-0.3, -0.25) is 4.79 Å². The topological polar surface area (TPSA) is 40.5 Å². The fourth-order valence-electron chi connectivity index (χ4n) is 2.31. The largest absolute Gasteiger partial charge is 0.480 e. The van der Waals surface area contributed by atoms with Gasteiger partial charge in [-0.1, -0.05) is 23.9 Å². The number of benzene rings is 2. The Labute approximate surface area is 128 Å². The Hall–Kier alpha value is -2.15. The molecule has 114 valence electrons. The van der Waals surface area contributed by atoms with Crippen molar-refractivity contribution in [3.63, 3.8) is 0 Å². The molecule has 0 bridgehead atoms. The van der Waals surface area contributed by atoms with Crippen molar-refractivity contribution in [1.82, 2.24) is 0 Å². The zero-order chi connectivity index (χ0) is 15.9. The van der Waals surface area contributed by atoms with Crippen molar-refractivity contribution in [1.29, 1.82) is 0 Å². The van der Waals surface area contributed by atoms with E-state index in [9.17, 15) is 18.0 Å². The Morgan fingerprint density at radius 3 is 2.45 bits per heavy atom. The third-order valence-corrected chi connectivity index (χ3v) is 4.38. The minimum absolute atomic E-state index is 0.265. The summed E-state index contributed by atoms with van der Waals surface area (Å²) in [6.45, 7) is -0.397. The second kappa shape index (κ2) is 5.24. The summed E-state index contributed by atoms with van der Waals surface area (Å²) in [7, 11) is 0. The molecule has 2 aromatic rings. The number of hydrogen-bond donors (Lipinski definition) is 1. The molecule has 3 rings (SSSR count). The standard InChI is InChI=1S/C15H10F3NO2S/c16-15(17,18)9-5-6-13-11(7-9)19(8-14(20)21)10-3-1-2-4-12(10)22-13/h1-7H,8H2,(H,20,21). The second-order valence-electron chi connectivity index (χ2n) is 4.73. The van der Waals surface area contributed by atoms with E-state index in [1.165, 1.54) is 22.7 Å². The van der Waals surface area contributed by atoms with E-state index in [4.69, 9.17) is 5.11 Å². The fourth-order valence-corrected chi connectivity index (χ4v) is 3.39. The number of hydrogen-bond acceptors (Lipinski definition) is 3. The molecule has 0 aromatic heterocycles. The van der Waals surface area contributed by atoms with Gasteiger partial charge in [0.1, 0.15) is 6.54 Å². The highest BCUT2D eigenvalue weighted by Gasteiger charge is 2.33. The molecule has 0 atom stereocenters. The molecular formula is C15H10F3NO2S. The Balaban J connectivity index is 2.14. The predicted octanol–water partition coefficient (Wildman–Crippen LogP) is 4.39. The summed E-state index contributed by atoms with van der Waals surface area (Å²) in [6, 6.07) is 10.4. The lowest BCUT2D eigenvalue weighted by molar-refractivity contribution is -0.137. The normalized spacial score (nSPS) is 13.5. The number of fused-ring (bicyclic) bond motifs is 2. The van der Waals surface area contributed by atoms with Gasteiger partial charge in [-0.2, -0.15) is 13.2 Å². The average molecular weight is 325 g/mol. The van der Waals surface area contributed by atoms with Crippen LogP contribution in [0.25, 0.3) is 0 Å². The maximum atomic E-state index is 12.9. The van der Waals surface area contributed by atoms with Crippen molar-refractivity contribution >= 4 is 29.1 Å². The van der Waals surface area contributed by atoms with Crippen molar-refractivity contribution in [2.45, 2.75) is 16.0 Å². The molecule has 0 radical (unpaired) electrons. The number of alkyl halides is 3. The second-order valence-corrected chi connectivity index (χ2v) is 5.81. The number of carboxylic acid groups (broad SMARTS) is 1. The van der Waals surface area contributed by atoms with Crippen LogP contribution in [0.2, 0.25) is 0 Å². The molecular weight excluding hydrogens is 315 g/mol. The molecule has 3 nitrogen and oxygen atoms in total. The lowest BCUT2D eigenvalue weighted by Gasteiger charge is -2.32. The van der Waals surface area contributed by atoms with Crippen LogP contribution in [-0.4, -0.2) is 17.6 Å². The van der Waals surface area contributed by atoms with E-state index in [1.807, 2.05) is 6.07 Å². The number of anilines is 2. The van der Waals surface area contributed by atoms with Gasteiger partial charge in [-0.25, -0.2) is 0 Å². The maximum absolute atomic E-state index is 12.9. The van der Waals surface area contributed by atoms with Gasteiger partial charge < -0.3 is 10.0 Å². The van der Waals surface area contributed by atoms with Crippen LogP contribution in [0.1, 0.15) is 5.56 Å².